The van der Waals surface area contributed by atoms with Crippen molar-refractivity contribution in [2.75, 3.05) is 37.0 Å². The predicted molar refractivity (Wildman–Crippen MR) is 122 cm³/mol. The zero-order valence-electron chi connectivity index (χ0n) is 17.6. The Balaban J connectivity index is 1.46. The fourth-order valence-corrected chi connectivity index (χ4v) is 5.69. The van der Waals surface area contributed by atoms with E-state index in [0.717, 1.165) is 53.6 Å². The summed E-state index contributed by atoms with van der Waals surface area (Å²) in [6, 6.07) is 9.21. The monoisotopic (exact) mass is 438 g/mol. The first-order valence-electron chi connectivity index (χ1n) is 10.6. The molecule has 8 nitrogen and oxygen atoms in total. The predicted octanol–water partition coefficient (Wildman–Crippen LogP) is 2.39. The number of benzene rings is 1. The summed E-state index contributed by atoms with van der Waals surface area (Å²) >= 11 is 1.43. The highest BCUT2D eigenvalue weighted by atomic mass is 32.2. The minimum atomic E-state index is -0.426. The summed E-state index contributed by atoms with van der Waals surface area (Å²) in [5.41, 5.74) is 3.49. The van der Waals surface area contributed by atoms with E-state index in [1.165, 1.54) is 11.8 Å². The Kier molecular flexibility index (Phi) is 5.23. The molecule has 0 aliphatic carbocycles. The van der Waals surface area contributed by atoms with Crippen LogP contribution in [-0.4, -0.2) is 55.4 Å². The van der Waals surface area contributed by atoms with Crippen LogP contribution in [0.4, 0.5) is 21.9 Å². The Morgan fingerprint density at radius 2 is 2.19 bits per heavy atom. The van der Waals surface area contributed by atoms with Crippen molar-refractivity contribution in [1.29, 1.82) is 0 Å². The highest BCUT2D eigenvalue weighted by Crippen LogP contribution is 2.50. The van der Waals surface area contributed by atoms with Crippen LogP contribution >= 0.6 is 11.8 Å². The molecule has 1 aromatic carbocycles. The van der Waals surface area contributed by atoms with Crippen LogP contribution in [0.25, 0.3) is 0 Å². The fourth-order valence-electron chi connectivity index (χ4n) is 4.45. The van der Waals surface area contributed by atoms with Gasteiger partial charge in [-0.25, -0.2) is 9.78 Å². The Bertz CT molecular complexity index is 1020. The number of thioether (sulfide) groups is 1. The summed E-state index contributed by atoms with van der Waals surface area (Å²) in [5, 5.41) is 9.94. The van der Waals surface area contributed by atoms with Crippen molar-refractivity contribution >= 4 is 40.8 Å². The highest BCUT2D eigenvalue weighted by Gasteiger charge is 2.46. The molecule has 9 heteroatoms. The van der Waals surface area contributed by atoms with Crippen LogP contribution in [-0.2, 0) is 4.79 Å². The molecule has 0 spiro atoms. The molecule has 3 aliphatic heterocycles. The van der Waals surface area contributed by atoms with Gasteiger partial charge < -0.3 is 20.9 Å². The Hall–Kier alpha value is -2.78. The van der Waals surface area contributed by atoms with E-state index in [0.29, 0.717) is 0 Å². The summed E-state index contributed by atoms with van der Waals surface area (Å²) in [4.78, 5) is 34.5. The van der Waals surface area contributed by atoms with Crippen LogP contribution in [0.2, 0.25) is 0 Å². The van der Waals surface area contributed by atoms with Gasteiger partial charge in [0, 0.05) is 44.1 Å². The number of nitrogens with zero attached hydrogens (tertiary/aromatic N) is 3. The SMILES string of the molecule is CN(C)c1cccc(N2C(=O)NC3c4c2ccnc4S[C@H]3C(=O)NC2CCCNC2)c1. The van der Waals surface area contributed by atoms with Gasteiger partial charge in [-0.2, -0.15) is 0 Å². The van der Waals surface area contributed by atoms with E-state index in [9.17, 15) is 9.59 Å². The molecule has 3 atom stereocenters. The van der Waals surface area contributed by atoms with Crippen molar-refractivity contribution in [3.05, 3.63) is 42.1 Å². The van der Waals surface area contributed by atoms with E-state index in [1.54, 1.807) is 11.1 Å². The van der Waals surface area contributed by atoms with Crippen LogP contribution in [0.5, 0.6) is 0 Å². The van der Waals surface area contributed by atoms with Gasteiger partial charge >= 0.3 is 6.03 Å². The number of urea groups is 1. The summed E-state index contributed by atoms with van der Waals surface area (Å²) in [6.45, 7) is 1.78. The lowest BCUT2D eigenvalue weighted by Gasteiger charge is -2.35. The third-order valence-corrected chi connectivity index (χ3v) is 7.30. The molecule has 4 heterocycles. The van der Waals surface area contributed by atoms with Crippen molar-refractivity contribution in [3.63, 3.8) is 0 Å². The molecule has 5 rings (SSSR count). The Labute approximate surface area is 185 Å². The van der Waals surface area contributed by atoms with Crippen LogP contribution in [0.1, 0.15) is 24.4 Å². The largest absolute Gasteiger partial charge is 0.378 e. The Morgan fingerprint density at radius 3 is 2.97 bits per heavy atom. The minimum Gasteiger partial charge on any atom is -0.378 e. The Morgan fingerprint density at radius 1 is 1.32 bits per heavy atom. The number of piperidine rings is 1. The maximum atomic E-state index is 13.2. The third-order valence-electron chi connectivity index (χ3n) is 6.01. The molecule has 3 N–H and O–H groups in total. The van der Waals surface area contributed by atoms with Crippen LogP contribution in [0.15, 0.2) is 41.6 Å². The smallest absolute Gasteiger partial charge is 0.327 e. The molecule has 3 amide bonds. The summed E-state index contributed by atoms with van der Waals surface area (Å²) < 4.78 is 0. The molecule has 1 saturated heterocycles. The first-order valence-corrected chi connectivity index (χ1v) is 11.5. The molecular formula is C22H26N6O2S. The van der Waals surface area contributed by atoms with Gasteiger partial charge in [0.2, 0.25) is 5.91 Å². The van der Waals surface area contributed by atoms with Gasteiger partial charge in [0.15, 0.2) is 0 Å². The number of nitrogens with one attached hydrogen (secondary N) is 3. The van der Waals surface area contributed by atoms with Gasteiger partial charge in [-0.1, -0.05) is 17.8 Å². The van der Waals surface area contributed by atoms with E-state index in [-0.39, 0.29) is 24.0 Å². The summed E-state index contributed by atoms with van der Waals surface area (Å²) in [5.74, 6) is -0.0454. The average Bonchev–Trinajstić information content (AvgIpc) is 3.14. The molecule has 0 radical (unpaired) electrons. The molecule has 0 saturated carbocycles. The maximum absolute atomic E-state index is 13.2. The van der Waals surface area contributed by atoms with Crippen molar-refractivity contribution < 1.29 is 9.59 Å². The molecule has 162 valence electrons. The quantitative estimate of drug-likeness (QED) is 0.679. The molecule has 3 aliphatic rings. The number of rotatable bonds is 4. The lowest BCUT2D eigenvalue weighted by molar-refractivity contribution is -0.121. The summed E-state index contributed by atoms with van der Waals surface area (Å²) in [6.07, 6.45) is 3.74. The van der Waals surface area contributed by atoms with E-state index < -0.39 is 5.25 Å². The first kappa shape index (κ1) is 20.1. The number of hydrogen-bond donors (Lipinski definition) is 3. The second kappa shape index (κ2) is 8.05. The van der Waals surface area contributed by atoms with Gasteiger partial charge in [-0.3, -0.25) is 9.69 Å². The van der Waals surface area contributed by atoms with Crippen molar-refractivity contribution in [2.45, 2.75) is 35.2 Å². The van der Waals surface area contributed by atoms with Crippen LogP contribution < -0.4 is 25.8 Å². The van der Waals surface area contributed by atoms with Gasteiger partial charge in [0.25, 0.3) is 0 Å². The van der Waals surface area contributed by atoms with Crippen molar-refractivity contribution in [2.24, 2.45) is 0 Å². The van der Waals surface area contributed by atoms with E-state index >= 15 is 0 Å². The normalized spacial score (nSPS) is 24.4. The van der Waals surface area contributed by atoms with Crippen molar-refractivity contribution in [1.82, 2.24) is 20.9 Å². The third kappa shape index (κ3) is 3.61. The van der Waals surface area contributed by atoms with Gasteiger partial charge in [0.05, 0.1) is 17.4 Å². The molecule has 1 aromatic heterocycles. The molecular weight excluding hydrogens is 412 g/mol. The summed E-state index contributed by atoms with van der Waals surface area (Å²) in [7, 11) is 3.94. The second-order valence-electron chi connectivity index (χ2n) is 8.32. The number of amides is 3. The van der Waals surface area contributed by atoms with Crippen molar-refractivity contribution in [3.8, 4) is 0 Å². The van der Waals surface area contributed by atoms with Gasteiger partial charge in [-0.05, 0) is 43.7 Å². The van der Waals surface area contributed by atoms with Gasteiger partial charge in [-0.15, -0.1) is 0 Å². The van der Waals surface area contributed by atoms with E-state index in [1.807, 2.05) is 49.3 Å². The van der Waals surface area contributed by atoms with Crippen LogP contribution in [0.3, 0.4) is 0 Å². The van der Waals surface area contributed by atoms with Gasteiger partial charge in [0.1, 0.15) is 10.3 Å². The molecule has 2 aromatic rings. The number of anilines is 3. The molecule has 1 fully saturated rings. The number of hydrogen-bond acceptors (Lipinski definition) is 6. The highest BCUT2D eigenvalue weighted by molar-refractivity contribution is 8.01. The van der Waals surface area contributed by atoms with Crippen LogP contribution in [0, 0.1) is 0 Å². The lowest BCUT2D eigenvalue weighted by Crippen LogP contribution is -2.52. The average molecular weight is 439 g/mol. The first-order chi connectivity index (χ1) is 15.0. The number of carbonyl (C=O) groups excluding carboxylic acids is 2. The zero-order valence-corrected chi connectivity index (χ0v) is 18.4. The molecule has 31 heavy (non-hydrogen) atoms. The number of pyridine rings is 1. The number of carbonyl (C=O) groups is 2. The molecule has 2 unspecified atom stereocenters. The van der Waals surface area contributed by atoms with E-state index in [4.69, 9.17) is 0 Å². The topological polar surface area (TPSA) is 89.6 Å². The lowest BCUT2D eigenvalue weighted by atomic mass is 9.99. The zero-order chi connectivity index (χ0) is 21.5. The van der Waals surface area contributed by atoms with E-state index in [2.05, 4.69) is 20.9 Å². The maximum Gasteiger partial charge on any atom is 0.327 e. The fraction of sp³-hybridized carbons (Fsp3) is 0.409. The minimum absolute atomic E-state index is 0.0454. The standard InChI is InChI=1S/C22H26N6O2S/c1-27(2)14-6-3-7-15(11-14)28-16-8-10-24-21-17(16)18(26-22(28)30)19(31-21)20(29)25-13-5-4-9-23-12-13/h3,6-8,10-11,13,18-19,23H,4-5,9,12H2,1-2H3,(H,25,29)(H,26,30)/t13?,18?,19-/m1/s1. The molecule has 0 bridgehead atoms. The second-order valence-corrected chi connectivity index (χ2v) is 9.45. The number of aromatic nitrogens is 1.